The summed E-state index contributed by atoms with van der Waals surface area (Å²) < 4.78 is 1.65. The number of nitrogens with one attached hydrogen (secondary N) is 2. The molecule has 2 aromatic rings. The molecule has 0 atom stereocenters. The van der Waals surface area contributed by atoms with Crippen LogP contribution < -0.4 is 10.6 Å². The van der Waals surface area contributed by atoms with Gasteiger partial charge in [-0.3, -0.25) is 0 Å². The van der Waals surface area contributed by atoms with Crippen molar-refractivity contribution in [3.05, 3.63) is 18.5 Å². The molecule has 1 aliphatic carbocycles. The highest BCUT2D eigenvalue weighted by Crippen LogP contribution is 2.21. The SMILES string of the molecule is CCCNc1nc(NC2CCCC2)nc(-n2cccn2)n1. The summed E-state index contributed by atoms with van der Waals surface area (Å²) in [6, 6.07) is 2.32. The smallest absolute Gasteiger partial charge is 0.257 e. The van der Waals surface area contributed by atoms with Crippen molar-refractivity contribution >= 4 is 11.9 Å². The van der Waals surface area contributed by atoms with Crippen LogP contribution in [0.4, 0.5) is 11.9 Å². The fourth-order valence-corrected chi connectivity index (χ4v) is 2.49. The number of aromatic nitrogens is 5. The molecule has 0 amide bonds. The highest BCUT2D eigenvalue weighted by Gasteiger charge is 2.17. The van der Waals surface area contributed by atoms with Crippen molar-refractivity contribution in [2.45, 2.75) is 45.1 Å². The molecule has 1 fully saturated rings. The van der Waals surface area contributed by atoms with Gasteiger partial charge in [0.1, 0.15) is 0 Å². The van der Waals surface area contributed by atoms with Gasteiger partial charge in [-0.05, 0) is 25.3 Å². The van der Waals surface area contributed by atoms with Crippen LogP contribution in [-0.2, 0) is 0 Å². The van der Waals surface area contributed by atoms with Crippen LogP contribution in [-0.4, -0.2) is 37.3 Å². The van der Waals surface area contributed by atoms with Crippen LogP contribution in [0.1, 0.15) is 39.0 Å². The van der Waals surface area contributed by atoms with E-state index >= 15 is 0 Å². The fourth-order valence-electron chi connectivity index (χ4n) is 2.49. The Hall–Kier alpha value is -2.18. The lowest BCUT2D eigenvalue weighted by molar-refractivity contribution is 0.732. The van der Waals surface area contributed by atoms with Gasteiger partial charge in [-0.1, -0.05) is 19.8 Å². The third-order valence-corrected chi connectivity index (χ3v) is 3.55. The van der Waals surface area contributed by atoms with E-state index in [0.717, 1.165) is 13.0 Å². The van der Waals surface area contributed by atoms with Gasteiger partial charge in [-0.15, -0.1) is 0 Å². The molecule has 0 radical (unpaired) electrons. The Kier molecular flexibility index (Phi) is 4.28. The maximum absolute atomic E-state index is 4.47. The summed E-state index contributed by atoms with van der Waals surface area (Å²) in [7, 11) is 0. The van der Waals surface area contributed by atoms with E-state index < -0.39 is 0 Å². The van der Waals surface area contributed by atoms with Crippen LogP contribution in [0.3, 0.4) is 0 Å². The normalized spacial score (nSPS) is 15.3. The van der Waals surface area contributed by atoms with Crippen LogP contribution in [0, 0.1) is 0 Å². The van der Waals surface area contributed by atoms with E-state index in [1.165, 1.54) is 25.7 Å². The summed E-state index contributed by atoms with van der Waals surface area (Å²) in [5, 5.41) is 10.8. The molecule has 2 aromatic heterocycles. The molecule has 112 valence electrons. The van der Waals surface area contributed by atoms with Crippen molar-refractivity contribution in [1.29, 1.82) is 0 Å². The van der Waals surface area contributed by atoms with Crippen molar-refractivity contribution in [1.82, 2.24) is 24.7 Å². The lowest BCUT2D eigenvalue weighted by Gasteiger charge is -2.13. The molecule has 7 nitrogen and oxygen atoms in total. The minimum absolute atomic E-state index is 0.469. The molecular weight excluding hydrogens is 266 g/mol. The fraction of sp³-hybridized carbons (Fsp3) is 0.571. The average Bonchev–Trinajstić information content (AvgIpc) is 3.18. The van der Waals surface area contributed by atoms with Gasteiger partial charge in [0.15, 0.2) is 0 Å². The zero-order valence-electron chi connectivity index (χ0n) is 12.3. The Balaban J connectivity index is 1.84. The maximum Gasteiger partial charge on any atom is 0.257 e. The van der Waals surface area contributed by atoms with Gasteiger partial charge in [0.25, 0.3) is 5.95 Å². The van der Waals surface area contributed by atoms with Crippen molar-refractivity contribution in [2.75, 3.05) is 17.2 Å². The summed E-state index contributed by atoms with van der Waals surface area (Å²) in [5.74, 6) is 1.76. The van der Waals surface area contributed by atoms with E-state index in [0.29, 0.717) is 23.9 Å². The van der Waals surface area contributed by atoms with E-state index in [2.05, 4.69) is 37.6 Å². The Bertz CT molecular complexity index is 561. The van der Waals surface area contributed by atoms with Gasteiger partial charge in [0, 0.05) is 25.0 Å². The van der Waals surface area contributed by atoms with E-state index in [1.807, 2.05) is 12.3 Å². The Morgan fingerprint density at radius 3 is 2.71 bits per heavy atom. The highest BCUT2D eigenvalue weighted by atomic mass is 15.4. The van der Waals surface area contributed by atoms with Crippen LogP contribution in [0.15, 0.2) is 18.5 Å². The molecule has 0 aliphatic heterocycles. The zero-order chi connectivity index (χ0) is 14.5. The second-order valence-electron chi connectivity index (χ2n) is 5.29. The van der Waals surface area contributed by atoms with Crippen molar-refractivity contribution < 1.29 is 0 Å². The first-order valence-corrected chi connectivity index (χ1v) is 7.61. The first-order valence-electron chi connectivity index (χ1n) is 7.61. The molecule has 21 heavy (non-hydrogen) atoms. The summed E-state index contributed by atoms with van der Waals surface area (Å²) in [5.41, 5.74) is 0. The Labute approximate surface area is 124 Å². The largest absolute Gasteiger partial charge is 0.354 e. The Morgan fingerprint density at radius 1 is 1.19 bits per heavy atom. The number of nitrogens with zero attached hydrogens (tertiary/aromatic N) is 5. The van der Waals surface area contributed by atoms with E-state index in [-0.39, 0.29) is 0 Å². The first-order chi connectivity index (χ1) is 10.3. The quantitative estimate of drug-likeness (QED) is 0.848. The molecule has 0 bridgehead atoms. The van der Waals surface area contributed by atoms with Crippen molar-refractivity contribution in [2.24, 2.45) is 0 Å². The number of hydrogen-bond acceptors (Lipinski definition) is 6. The lowest BCUT2D eigenvalue weighted by Crippen LogP contribution is -2.19. The zero-order valence-corrected chi connectivity index (χ0v) is 12.3. The van der Waals surface area contributed by atoms with Gasteiger partial charge in [-0.25, -0.2) is 4.68 Å². The first kappa shape index (κ1) is 13.8. The van der Waals surface area contributed by atoms with Gasteiger partial charge < -0.3 is 10.6 Å². The third kappa shape index (κ3) is 3.48. The van der Waals surface area contributed by atoms with E-state index in [4.69, 9.17) is 0 Å². The molecule has 7 heteroatoms. The number of hydrogen-bond donors (Lipinski definition) is 2. The standard InChI is InChI=1S/C14H21N7/c1-2-8-15-12-18-13(17-11-6-3-4-7-11)20-14(19-12)21-10-5-9-16-21/h5,9-11H,2-4,6-8H2,1H3,(H2,15,17,18,19,20). The van der Waals surface area contributed by atoms with Crippen LogP contribution in [0.5, 0.6) is 0 Å². The average molecular weight is 287 g/mol. The summed E-state index contributed by atoms with van der Waals surface area (Å²) in [6.45, 7) is 2.95. The van der Waals surface area contributed by atoms with Crippen LogP contribution in [0.2, 0.25) is 0 Å². The van der Waals surface area contributed by atoms with Gasteiger partial charge >= 0.3 is 0 Å². The summed E-state index contributed by atoms with van der Waals surface area (Å²) in [6.07, 6.45) is 9.48. The van der Waals surface area contributed by atoms with Crippen molar-refractivity contribution in [3.8, 4) is 5.95 Å². The molecule has 3 rings (SSSR count). The van der Waals surface area contributed by atoms with Crippen molar-refractivity contribution in [3.63, 3.8) is 0 Å². The topological polar surface area (TPSA) is 80.5 Å². The number of anilines is 2. The summed E-state index contributed by atoms with van der Waals surface area (Å²) in [4.78, 5) is 13.3. The molecule has 0 unspecified atom stereocenters. The minimum atomic E-state index is 0.469. The molecule has 2 N–H and O–H groups in total. The molecule has 0 spiro atoms. The van der Waals surface area contributed by atoms with Crippen LogP contribution in [0.25, 0.3) is 5.95 Å². The third-order valence-electron chi connectivity index (χ3n) is 3.55. The molecule has 0 saturated heterocycles. The summed E-state index contributed by atoms with van der Waals surface area (Å²) >= 11 is 0. The predicted octanol–water partition coefficient (Wildman–Crippen LogP) is 2.23. The Morgan fingerprint density at radius 2 is 2.00 bits per heavy atom. The van der Waals surface area contributed by atoms with Gasteiger partial charge in [0.2, 0.25) is 11.9 Å². The predicted molar refractivity (Wildman–Crippen MR) is 81.6 cm³/mol. The second kappa shape index (κ2) is 6.51. The van der Waals surface area contributed by atoms with Gasteiger partial charge in [0.05, 0.1) is 0 Å². The highest BCUT2D eigenvalue weighted by molar-refractivity contribution is 5.38. The molecule has 0 aromatic carbocycles. The second-order valence-corrected chi connectivity index (χ2v) is 5.29. The van der Waals surface area contributed by atoms with Gasteiger partial charge in [-0.2, -0.15) is 20.1 Å². The van der Waals surface area contributed by atoms with E-state index in [1.54, 1.807) is 10.9 Å². The van der Waals surface area contributed by atoms with E-state index in [9.17, 15) is 0 Å². The lowest BCUT2D eigenvalue weighted by atomic mass is 10.3. The number of rotatable bonds is 6. The maximum atomic E-state index is 4.47. The molecule has 1 aliphatic rings. The minimum Gasteiger partial charge on any atom is -0.354 e. The van der Waals surface area contributed by atoms with Crippen LogP contribution >= 0.6 is 0 Å². The molecule has 2 heterocycles. The molecular formula is C14H21N7. The molecule has 1 saturated carbocycles. The monoisotopic (exact) mass is 287 g/mol.